The highest BCUT2D eigenvalue weighted by molar-refractivity contribution is 6.32. The van der Waals surface area contributed by atoms with Gasteiger partial charge in [-0.25, -0.2) is 0 Å². The zero-order valence-electron chi connectivity index (χ0n) is 22.9. The fourth-order valence-electron chi connectivity index (χ4n) is 5.94. The summed E-state index contributed by atoms with van der Waals surface area (Å²) in [6.45, 7) is 5.82. The largest absolute Gasteiger partial charge is 0.508 e. The molecule has 1 fully saturated rings. The summed E-state index contributed by atoms with van der Waals surface area (Å²) in [4.78, 5) is 38.7. The first-order valence-electron chi connectivity index (χ1n) is 13.7. The Kier molecular flexibility index (Phi) is 10.8. The Balaban J connectivity index is 1.76. The van der Waals surface area contributed by atoms with Gasteiger partial charge in [-0.3, -0.25) is 19.3 Å². The van der Waals surface area contributed by atoms with Crippen LogP contribution in [0.15, 0.2) is 34.9 Å². The lowest BCUT2D eigenvalue weighted by Crippen LogP contribution is -2.40. The lowest BCUT2D eigenvalue weighted by molar-refractivity contribution is -0.141. The number of carbonyl (C=O) groups is 3. The fraction of sp³-hybridized carbons (Fsp3) is 0.567. The zero-order chi connectivity index (χ0) is 28.9. The molecule has 1 aliphatic carbocycles. The molecule has 2 amide bonds. The number of nitrogens with zero attached hydrogens (tertiary/aromatic N) is 1. The van der Waals surface area contributed by atoms with Crippen molar-refractivity contribution in [3.8, 4) is 5.75 Å². The maximum absolute atomic E-state index is 13.4. The minimum absolute atomic E-state index is 0.0325. The monoisotopic (exact) mass is 561 g/mol. The third-order valence-corrected chi connectivity index (χ3v) is 8.26. The highest BCUT2D eigenvalue weighted by Crippen LogP contribution is 2.48. The third-order valence-electron chi connectivity index (χ3n) is 7.93. The smallest absolute Gasteiger partial charge is 0.303 e. The second kappa shape index (κ2) is 13.6. The molecule has 1 heterocycles. The molecule has 39 heavy (non-hydrogen) atoms. The maximum atomic E-state index is 13.4. The summed E-state index contributed by atoms with van der Waals surface area (Å²) in [5.41, 5.74) is 3.34. The number of carboxylic acids is 1. The Morgan fingerprint density at radius 2 is 1.87 bits per heavy atom. The quantitative estimate of drug-likeness (QED) is 0.154. The number of amides is 2. The third kappa shape index (κ3) is 7.29. The van der Waals surface area contributed by atoms with Crippen LogP contribution >= 0.6 is 11.6 Å². The van der Waals surface area contributed by atoms with E-state index in [2.05, 4.69) is 0 Å². The summed E-state index contributed by atoms with van der Waals surface area (Å²) < 4.78 is 0. The molecule has 1 saturated heterocycles. The molecule has 9 heteroatoms. The number of unbranched alkanes of at least 4 members (excludes halogenated alkanes) is 2. The zero-order valence-corrected chi connectivity index (χ0v) is 23.7. The van der Waals surface area contributed by atoms with Crippen LogP contribution < -0.4 is 0 Å². The van der Waals surface area contributed by atoms with Gasteiger partial charge in [-0.05, 0) is 74.3 Å². The van der Waals surface area contributed by atoms with Crippen molar-refractivity contribution in [2.45, 2.75) is 71.8 Å². The summed E-state index contributed by atoms with van der Waals surface area (Å²) >= 11 is 6.22. The molecule has 2 aliphatic rings. The van der Waals surface area contributed by atoms with Crippen molar-refractivity contribution in [1.82, 2.24) is 4.90 Å². The fourth-order valence-corrected chi connectivity index (χ4v) is 6.17. The number of phenolic OH excluding ortho intramolecular Hbond substituents is 1. The van der Waals surface area contributed by atoms with Crippen LogP contribution in [0.4, 0.5) is 0 Å². The molecular formula is C30H40ClNO7. The number of hydrogen-bond donors (Lipinski definition) is 4. The Morgan fingerprint density at radius 3 is 2.49 bits per heavy atom. The minimum atomic E-state index is -0.882. The molecular weight excluding hydrogens is 522 g/mol. The molecule has 3 rings (SSSR count). The van der Waals surface area contributed by atoms with Gasteiger partial charge in [0.1, 0.15) is 5.75 Å². The number of carboxylic acid groups (broad SMARTS) is 1. The minimum Gasteiger partial charge on any atom is -0.508 e. The molecule has 8 nitrogen and oxygen atoms in total. The maximum Gasteiger partial charge on any atom is 0.303 e. The van der Waals surface area contributed by atoms with Crippen LogP contribution in [0, 0.1) is 23.7 Å². The highest BCUT2D eigenvalue weighted by atomic mass is 35.5. The molecule has 0 spiro atoms. The van der Waals surface area contributed by atoms with Gasteiger partial charge in [0.15, 0.2) is 0 Å². The summed E-state index contributed by atoms with van der Waals surface area (Å²) in [5.74, 6) is -3.20. The van der Waals surface area contributed by atoms with Crippen molar-refractivity contribution < 1.29 is 34.8 Å². The van der Waals surface area contributed by atoms with Gasteiger partial charge in [0, 0.05) is 18.9 Å². The number of allylic oxidation sites excluding steroid dienone is 2. The van der Waals surface area contributed by atoms with Crippen LogP contribution in [-0.2, 0) is 14.4 Å². The number of phenols is 1. The van der Waals surface area contributed by atoms with Gasteiger partial charge in [0.05, 0.1) is 29.6 Å². The van der Waals surface area contributed by atoms with Gasteiger partial charge in [0.25, 0.3) is 0 Å². The van der Waals surface area contributed by atoms with Crippen molar-refractivity contribution in [3.05, 3.63) is 45.5 Å². The van der Waals surface area contributed by atoms with E-state index in [9.17, 15) is 29.7 Å². The van der Waals surface area contributed by atoms with Crippen LogP contribution in [0.3, 0.4) is 0 Å². The van der Waals surface area contributed by atoms with E-state index in [1.165, 1.54) is 11.0 Å². The lowest BCUT2D eigenvalue weighted by Gasteiger charge is -2.38. The number of aliphatic hydroxyl groups excluding tert-OH is 2. The van der Waals surface area contributed by atoms with Gasteiger partial charge in [-0.2, -0.15) is 0 Å². The van der Waals surface area contributed by atoms with Crippen molar-refractivity contribution in [1.29, 1.82) is 0 Å². The number of rotatable bonds is 13. The Hall–Kier alpha value is -2.68. The van der Waals surface area contributed by atoms with Gasteiger partial charge in [-0.1, -0.05) is 49.1 Å². The van der Waals surface area contributed by atoms with Gasteiger partial charge >= 0.3 is 5.97 Å². The van der Waals surface area contributed by atoms with E-state index >= 15 is 0 Å². The SMILES string of the molecule is C/C(=C\c1ccc(O)cc1Cl)CC[C@@H](O)C1=C(C(C)C)C[C@H]2C(=O)N(CCCCCC(=O)O)C(=O)[C@H]2[C@H]1CO. The van der Waals surface area contributed by atoms with Crippen LogP contribution in [0.1, 0.15) is 71.3 Å². The van der Waals surface area contributed by atoms with Gasteiger partial charge in [0.2, 0.25) is 11.8 Å². The number of aliphatic hydroxyl groups is 2. The van der Waals surface area contributed by atoms with E-state index in [4.69, 9.17) is 16.7 Å². The summed E-state index contributed by atoms with van der Waals surface area (Å²) in [5, 5.41) is 40.6. The van der Waals surface area contributed by atoms with E-state index in [1.807, 2.05) is 26.8 Å². The first kappa shape index (κ1) is 30.9. The molecule has 214 valence electrons. The molecule has 1 aromatic rings. The van der Waals surface area contributed by atoms with E-state index in [-0.39, 0.29) is 43.1 Å². The van der Waals surface area contributed by atoms with Crippen molar-refractivity contribution in [3.63, 3.8) is 0 Å². The summed E-state index contributed by atoms with van der Waals surface area (Å²) in [6.07, 6.45) is 4.01. The van der Waals surface area contributed by atoms with Gasteiger partial charge < -0.3 is 20.4 Å². The lowest BCUT2D eigenvalue weighted by atomic mass is 9.66. The number of likely N-dealkylation sites (tertiary alicyclic amines) is 1. The first-order valence-corrected chi connectivity index (χ1v) is 14.1. The summed E-state index contributed by atoms with van der Waals surface area (Å²) in [7, 11) is 0. The number of benzene rings is 1. The van der Waals surface area contributed by atoms with Crippen molar-refractivity contribution in [2.24, 2.45) is 23.7 Å². The molecule has 4 N–H and O–H groups in total. The van der Waals surface area contributed by atoms with Crippen LogP contribution in [0.25, 0.3) is 6.08 Å². The van der Waals surface area contributed by atoms with E-state index in [0.29, 0.717) is 49.1 Å². The predicted molar refractivity (Wildman–Crippen MR) is 149 cm³/mol. The van der Waals surface area contributed by atoms with Crippen LogP contribution in [0.2, 0.25) is 5.02 Å². The molecule has 1 aromatic carbocycles. The number of aliphatic carboxylic acids is 1. The Labute approximate surface area is 235 Å². The van der Waals surface area contributed by atoms with E-state index < -0.39 is 29.8 Å². The normalized spacial score (nSPS) is 22.6. The standard InChI is InChI=1S/C30H40ClNO7/c1-17(2)21-15-22-28(30(39)32(29(22)38)12-6-4-5-7-26(36)37)23(16-33)27(21)25(35)11-8-18(3)13-19-9-10-20(34)14-24(19)31/h9-10,13-14,17,22-23,25,28,33-35H,4-8,11-12,15-16H2,1-3H3,(H,36,37)/b18-13+/t22-,23+,25-,28-/m1/s1. The highest BCUT2D eigenvalue weighted by Gasteiger charge is 2.54. The molecule has 4 atom stereocenters. The molecule has 0 bridgehead atoms. The molecule has 0 radical (unpaired) electrons. The number of aromatic hydroxyl groups is 1. The average Bonchev–Trinajstić information content (AvgIpc) is 3.11. The molecule has 0 aromatic heterocycles. The average molecular weight is 562 g/mol. The topological polar surface area (TPSA) is 135 Å². The van der Waals surface area contributed by atoms with Crippen LogP contribution in [-0.4, -0.2) is 62.4 Å². The second-order valence-corrected chi connectivity index (χ2v) is 11.5. The number of hydrogen-bond acceptors (Lipinski definition) is 6. The van der Waals surface area contributed by atoms with Crippen molar-refractivity contribution in [2.75, 3.05) is 13.2 Å². The van der Waals surface area contributed by atoms with Gasteiger partial charge in [-0.15, -0.1) is 0 Å². The number of fused-ring (bicyclic) bond motifs is 1. The van der Waals surface area contributed by atoms with Crippen LogP contribution in [0.5, 0.6) is 5.75 Å². The Bertz CT molecular complexity index is 1140. The second-order valence-electron chi connectivity index (χ2n) is 11.0. The number of imide groups is 1. The molecule has 1 aliphatic heterocycles. The molecule has 0 unspecified atom stereocenters. The summed E-state index contributed by atoms with van der Waals surface area (Å²) in [6, 6.07) is 4.75. The Morgan fingerprint density at radius 1 is 1.15 bits per heavy atom. The number of halogens is 1. The first-order chi connectivity index (χ1) is 18.5. The predicted octanol–water partition coefficient (Wildman–Crippen LogP) is 4.80. The van der Waals surface area contributed by atoms with E-state index in [1.54, 1.807) is 12.1 Å². The van der Waals surface area contributed by atoms with Crippen molar-refractivity contribution >= 4 is 35.5 Å². The van der Waals surface area contributed by atoms with E-state index in [0.717, 1.165) is 16.7 Å². The number of carbonyl (C=O) groups excluding carboxylic acids is 2. The molecule has 0 saturated carbocycles.